The van der Waals surface area contributed by atoms with Crippen LogP contribution in [0.2, 0.25) is 5.02 Å². The molecule has 2 aromatic carbocycles. The van der Waals surface area contributed by atoms with Crippen molar-refractivity contribution in [2.45, 2.75) is 44.5 Å². The number of amides is 1. The van der Waals surface area contributed by atoms with Crippen molar-refractivity contribution >= 4 is 35.0 Å². The molecule has 0 saturated carbocycles. The Morgan fingerprint density at radius 1 is 1.22 bits per heavy atom. The largest absolute Gasteiger partial charge is 0.486 e. The third-order valence-corrected chi connectivity index (χ3v) is 6.21. The molecule has 0 spiro atoms. The van der Waals surface area contributed by atoms with E-state index in [-0.39, 0.29) is 18.3 Å². The number of nitrogens with zero attached hydrogens (tertiary/aromatic N) is 3. The summed E-state index contributed by atoms with van der Waals surface area (Å²) in [5.41, 5.74) is 2.05. The average molecular weight is 471 g/mol. The van der Waals surface area contributed by atoms with Gasteiger partial charge in [-0.05, 0) is 54.3 Å². The van der Waals surface area contributed by atoms with Crippen LogP contribution in [0.15, 0.2) is 66.3 Å². The van der Waals surface area contributed by atoms with Gasteiger partial charge in [0.05, 0.1) is 5.75 Å². The number of allylic oxidation sites excluding steroid dienone is 1. The van der Waals surface area contributed by atoms with Gasteiger partial charge in [-0.15, -0.1) is 16.8 Å². The summed E-state index contributed by atoms with van der Waals surface area (Å²) in [7, 11) is 0. The average Bonchev–Trinajstić information content (AvgIpc) is 3.19. The molecule has 3 aromatic rings. The molecule has 0 fully saturated rings. The van der Waals surface area contributed by atoms with E-state index in [2.05, 4.69) is 48.1 Å². The van der Waals surface area contributed by atoms with Crippen LogP contribution in [0.5, 0.6) is 5.75 Å². The van der Waals surface area contributed by atoms with Gasteiger partial charge in [-0.3, -0.25) is 9.36 Å². The molecule has 1 unspecified atom stereocenters. The van der Waals surface area contributed by atoms with Gasteiger partial charge in [0, 0.05) is 17.3 Å². The predicted octanol–water partition coefficient (Wildman–Crippen LogP) is 5.94. The molecule has 6 nitrogen and oxygen atoms in total. The molecule has 1 N–H and O–H groups in total. The van der Waals surface area contributed by atoms with Gasteiger partial charge >= 0.3 is 0 Å². The first-order chi connectivity index (χ1) is 15.5. The van der Waals surface area contributed by atoms with Gasteiger partial charge in [-0.2, -0.15) is 0 Å². The van der Waals surface area contributed by atoms with Crippen molar-refractivity contribution in [2.24, 2.45) is 0 Å². The first kappa shape index (κ1) is 23.9. The van der Waals surface area contributed by atoms with Gasteiger partial charge in [0.1, 0.15) is 12.4 Å². The Bertz CT molecular complexity index is 1040. The second-order valence-electron chi connectivity index (χ2n) is 7.31. The van der Waals surface area contributed by atoms with Crippen molar-refractivity contribution in [3.63, 3.8) is 0 Å². The van der Waals surface area contributed by atoms with Gasteiger partial charge in [0.15, 0.2) is 11.0 Å². The second kappa shape index (κ2) is 11.7. The number of benzene rings is 2. The normalized spacial score (nSPS) is 11.7. The van der Waals surface area contributed by atoms with Crippen LogP contribution in [0.1, 0.15) is 37.6 Å². The fourth-order valence-electron chi connectivity index (χ4n) is 2.98. The molecule has 0 aliphatic heterocycles. The summed E-state index contributed by atoms with van der Waals surface area (Å²) in [4.78, 5) is 12.4. The molecule has 32 heavy (non-hydrogen) atoms. The van der Waals surface area contributed by atoms with E-state index in [1.165, 1.54) is 17.3 Å². The first-order valence-electron chi connectivity index (χ1n) is 10.4. The summed E-state index contributed by atoms with van der Waals surface area (Å²) < 4.78 is 7.67. The molecule has 0 radical (unpaired) electrons. The van der Waals surface area contributed by atoms with Crippen LogP contribution in [0.3, 0.4) is 0 Å². The minimum atomic E-state index is -0.0987. The molecular formula is C24H27ClN4O2S. The molecule has 168 valence electrons. The van der Waals surface area contributed by atoms with E-state index in [9.17, 15) is 4.79 Å². The fraction of sp³-hybridized carbons (Fsp3) is 0.292. The van der Waals surface area contributed by atoms with Gasteiger partial charge < -0.3 is 10.1 Å². The minimum Gasteiger partial charge on any atom is -0.486 e. The monoisotopic (exact) mass is 470 g/mol. The lowest BCUT2D eigenvalue weighted by Gasteiger charge is -2.11. The number of thioether (sulfide) groups is 1. The Hall–Kier alpha value is -2.77. The highest BCUT2D eigenvalue weighted by molar-refractivity contribution is 7.99. The molecule has 1 atom stereocenters. The van der Waals surface area contributed by atoms with Crippen molar-refractivity contribution in [3.05, 3.63) is 77.6 Å². The SMILES string of the molecule is C=CCn1c(COc2ccc(Cl)cc2)nnc1SCC(=O)Nc1ccc(C(C)CC)cc1. The Balaban J connectivity index is 1.57. The highest BCUT2D eigenvalue weighted by Crippen LogP contribution is 2.22. The molecule has 1 aromatic heterocycles. The lowest BCUT2D eigenvalue weighted by Crippen LogP contribution is -2.15. The lowest BCUT2D eigenvalue weighted by molar-refractivity contribution is -0.113. The summed E-state index contributed by atoms with van der Waals surface area (Å²) in [6.45, 7) is 8.93. The maximum Gasteiger partial charge on any atom is 0.234 e. The lowest BCUT2D eigenvalue weighted by atomic mass is 9.99. The number of anilines is 1. The first-order valence-corrected chi connectivity index (χ1v) is 11.8. The molecule has 3 rings (SSSR count). The number of hydrogen-bond acceptors (Lipinski definition) is 5. The van der Waals surface area contributed by atoms with Gasteiger partial charge in [-0.1, -0.05) is 55.4 Å². The number of nitrogens with one attached hydrogen (secondary N) is 1. The highest BCUT2D eigenvalue weighted by atomic mass is 35.5. The van der Waals surface area contributed by atoms with Crippen molar-refractivity contribution < 1.29 is 9.53 Å². The third kappa shape index (κ3) is 6.61. The van der Waals surface area contributed by atoms with Crippen molar-refractivity contribution in [3.8, 4) is 5.75 Å². The quantitative estimate of drug-likeness (QED) is 0.277. The zero-order chi connectivity index (χ0) is 22.9. The van der Waals surface area contributed by atoms with Crippen molar-refractivity contribution in [1.29, 1.82) is 0 Å². The molecular weight excluding hydrogens is 444 g/mol. The van der Waals surface area contributed by atoms with Crippen LogP contribution in [-0.4, -0.2) is 26.4 Å². The minimum absolute atomic E-state index is 0.0987. The maximum atomic E-state index is 12.4. The maximum absolute atomic E-state index is 12.4. The Kier molecular flexibility index (Phi) is 8.76. The summed E-state index contributed by atoms with van der Waals surface area (Å²) in [6.07, 6.45) is 2.85. The van der Waals surface area contributed by atoms with Crippen molar-refractivity contribution in [1.82, 2.24) is 14.8 Å². The van der Waals surface area contributed by atoms with E-state index in [1.807, 2.05) is 16.7 Å². The van der Waals surface area contributed by atoms with Crippen LogP contribution in [0, 0.1) is 0 Å². The molecule has 1 heterocycles. The summed E-state index contributed by atoms with van der Waals surface area (Å²) in [6, 6.07) is 15.1. The second-order valence-corrected chi connectivity index (χ2v) is 8.69. The zero-order valence-corrected chi connectivity index (χ0v) is 19.8. The standard InChI is InChI=1S/C24H27ClN4O2S/c1-4-14-29-22(15-31-21-12-8-19(25)9-13-21)27-28-24(29)32-16-23(30)26-20-10-6-18(7-11-20)17(3)5-2/h4,6-13,17H,1,5,14-16H2,2-3H3,(H,26,30). The van der Waals surface area contributed by atoms with Crippen LogP contribution in [0.4, 0.5) is 5.69 Å². The Morgan fingerprint density at radius 3 is 2.59 bits per heavy atom. The van der Waals surface area contributed by atoms with E-state index in [4.69, 9.17) is 16.3 Å². The van der Waals surface area contributed by atoms with Crippen LogP contribution in [0.25, 0.3) is 0 Å². The molecule has 8 heteroatoms. The molecule has 0 aliphatic carbocycles. The van der Waals surface area contributed by atoms with Crippen LogP contribution in [-0.2, 0) is 17.9 Å². The van der Waals surface area contributed by atoms with Gasteiger partial charge in [-0.25, -0.2) is 0 Å². The number of aromatic nitrogens is 3. The molecule has 0 saturated heterocycles. The predicted molar refractivity (Wildman–Crippen MR) is 131 cm³/mol. The van der Waals surface area contributed by atoms with Crippen LogP contribution >= 0.6 is 23.4 Å². The number of ether oxygens (including phenoxy) is 1. The molecule has 1 amide bonds. The number of rotatable bonds is 11. The number of hydrogen-bond donors (Lipinski definition) is 1. The zero-order valence-electron chi connectivity index (χ0n) is 18.3. The van der Waals surface area contributed by atoms with Gasteiger partial charge in [0.25, 0.3) is 0 Å². The van der Waals surface area contributed by atoms with Crippen LogP contribution < -0.4 is 10.1 Å². The van der Waals surface area contributed by atoms with E-state index >= 15 is 0 Å². The number of carbonyl (C=O) groups excluding carboxylic acids is 1. The Morgan fingerprint density at radius 2 is 1.94 bits per heavy atom. The summed E-state index contributed by atoms with van der Waals surface area (Å²) in [5, 5.41) is 12.7. The third-order valence-electron chi connectivity index (χ3n) is 4.99. The van der Waals surface area contributed by atoms with E-state index in [1.54, 1.807) is 30.3 Å². The van der Waals surface area contributed by atoms with Gasteiger partial charge in [0.2, 0.25) is 5.91 Å². The number of halogens is 1. The highest BCUT2D eigenvalue weighted by Gasteiger charge is 2.14. The van der Waals surface area contributed by atoms with E-state index < -0.39 is 0 Å². The topological polar surface area (TPSA) is 69.0 Å². The summed E-state index contributed by atoms with van der Waals surface area (Å²) >= 11 is 7.23. The Labute approximate surface area is 198 Å². The molecule has 0 bridgehead atoms. The fourth-order valence-corrected chi connectivity index (χ4v) is 3.87. The van der Waals surface area contributed by atoms with E-state index in [0.717, 1.165) is 12.1 Å². The molecule has 0 aliphatic rings. The van der Waals surface area contributed by atoms with E-state index in [0.29, 0.717) is 34.2 Å². The summed E-state index contributed by atoms with van der Waals surface area (Å²) in [5.74, 6) is 1.97. The smallest absolute Gasteiger partial charge is 0.234 e. The van der Waals surface area contributed by atoms with Crippen molar-refractivity contribution in [2.75, 3.05) is 11.1 Å². The number of carbonyl (C=O) groups is 1.